The van der Waals surface area contributed by atoms with E-state index in [1.807, 2.05) is 7.05 Å². The number of hydrogen-bond acceptors (Lipinski definition) is 3. The molecule has 2 heterocycles. The predicted molar refractivity (Wildman–Crippen MR) is 112 cm³/mol. The summed E-state index contributed by atoms with van der Waals surface area (Å²) in [5.74, 6) is 0.845. The molecule has 0 saturated carbocycles. The van der Waals surface area contributed by atoms with Crippen LogP contribution < -0.4 is 10.6 Å². The number of hydrogen-bond donors (Lipinski definition) is 2. The highest BCUT2D eigenvalue weighted by Gasteiger charge is 2.19. The topological polar surface area (TPSA) is 39.7 Å². The van der Waals surface area contributed by atoms with Crippen LogP contribution in [0.25, 0.3) is 0 Å². The molecule has 4 nitrogen and oxygen atoms in total. The van der Waals surface area contributed by atoms with Crippen LogP contribution in [-0.4, -0.2) is 30.5 Å². The van der Waals surface area contributed by atoms with Crippen molar-refractivity contribution < 1.29 is 0 Å². The highest BCUT2D eigenvalue weighted by atomic mass is 32.1. The summed E-state index contributed by atoms with van der Waals surface area (Å²) in [6, 6.07) is 11.6. The van der Waals surface area contributed by atoms with E-state index in [2.05, 4.69) is 68.5 Å². The zero-order valence-electron chi connectivity index (χ0n) is 15.9. The molecule has 1 atom stereocenters. The second-order valence-electron chi connectivity index (χ2n) is 6.99. The van der Waals surface area contributed by atoms with Crippen LogP contribution in [0.3, 0.4) is 0 Å². The number of likely N-dealkylation sites (tertiary alicyclic amines) is 1. The molecule has 26 heavy (non-hydrogen) atoms. The number of aliphatic imine (C=N–C) groups is 1. The van der Waals surface area contributed by atoms with Gasteiger partial charge in [0.05, 0.1) is 0 Å². The Labute approximate surface area is 161 Å². The van der Waals surface area contributed by atoms with Crippen molar-refractivity contribution in [3.05, 3.63) is 57.8 Å². The van der Waals surface area contributed by atoms with Crippen LogP contribution in [0.1, 0.15) is 42.9 Å². The van der Waals surface area contributed by atoms with Gasteiger partial charge in [-0.2, -0.15) is 11.3 Å². The van der Waals surface area contributed by atoms with Crippen LogP contribution >= 0.6 is 11.3 Å². The number of nitrogens with one attached hydrogen (secondary N) is 2. The van der Waals surface area contributed by atoms with Crippen molar-refractivity contribution in [1.29, 1.82) is 0 Å². The summed E-state index contributed by atoms with van der Waals surface area (Å²) in [6.45, 7) is 6.21. The fraction of sp³-hybridized carbons (Fsp3) is 0.476. The number of nitrogens with zero attached hydrogens (tertiary/aromatic N) is 2. The molecular weight excluding hydrogens is 340 g/mol. The van der Waals surface area contributed by atoms with Crippen molar-refractivity contribution in [3.8, 4) is 0 Å². The van der Waals surface area contributed by atoms with Crippen LogP contribution in [0.15, 0.2) is 46.1 Å². The zero-order valence-corrected chi connectivity index (χ0v) is 16.7. The molecule has 2 N–H and O–H groups in total. The van der Waals surface area contributed by atoms with Gasteiger partial charge in [-0.05, 0) is 59.8 Å². The van der Waals surface area contributed by atoms with E-state index in [9.17, 15) is 0 Å². The Hall–Kier alpha value is -1.85. The number of piperidine rings is 1. The molecule has 0 bridgehead atoms. The van der Waals surface area contributed by atoms with Gasteiger partial charge >= 0.3 is 0 Å². The molecule has 3 rings (SSSR count). The minimum Gasteiger partial charge on any atom is -0.352 e. The molecule has 1 fully saturated rings. The molecule has 1 unspecified atom stereocenters. The van der Waals surface area contributed by atoms with Gasteiger partial charge in [0, 0.05) is 32.7 Å². The Morgan fingerprint density at radius 2 is 1.96 bits per heavy atom. The fourth-order valence-corrected chi connectivity index (χ4v) is 4.14. The lowest BCUT2D eigenvalue weighted by molar-refractivity contribution is 0.152. The van der Waals surface area contributed by atoms with E-state index in [0.29, 0.717) is 6.04 Å². The maximum absolute atomic E-state index is 4.35. The Kier molecular flexibility index (Phi) is 7.09. The van der Waals surface area contributed by atoms with Gasteiger partial charge in [-0.3, -0.25) is 9.89 Å². The van der Waals surface area contributed by atoms with Crippen molar-refractivity contribution in [2.24, 2.45) is 4.99 Å². The summed E-state index contributed by atoms with van der Waals surface area (Å²) in [7, 11) is 1.82. The SMILES string of the molecule is CN=C(NCc1ccsc1)NCc1ccccc1CN1CCCCC1C. The number of guanidine groups is 1. The van der Waals surface area contributed by atoms with Gasteiger partial charge in [0.1, 0.15) is 0 Å². The molecule has 140 valence electrons. The number of thiophene rings is 1. The largest absolute Gasteiger partial charge is 0.352 e. The molecule has 2 aromatic rings. The van der Waals surface area contributed by atoms with Gasteiger partial charge in [-0.15, -0.1) is 0 Å². The Morgan fingerprint density at radius 3 is 2.69 bits per heavy atom. The van der Waals surface area contributed by atoms with Crippen molar-refractivity contribution in [2.75, 3.05) is 13.6 Å². The van der Waals surface area contributed by atoms with Gasteiger partial charge in [0.2, 0.25) is 0 Å². The first-order valence-corrected chi connectivity index (χ1v) is 10.5. The molecule has 0 amide bonds. The Morgan fingerprint density at radius 1 is 1.15 bits per heavy atom. The normalized spacial score (nSPS) is 18.7. The molecule has 0 radical (unpaired) electrons. The average Bonchev–Trinajstić information content (AvgIpc) is 3.18. The first-order chi connectivity index (χ1) is 12.8. The summed E-state index contributed by atoms with van der Waals surface area (Å²) in [5.41, 5.74) is 4.06. The van der Waals surface area contributed by atoms with E-state index in [-0.39, 0.29) is 0 Å². The minimum absolute atomic E-state index is 0.685. The third kappa shape index (κ3) is 5.32. The molecule has 1 aromatic carbocycles. The third-order valence-corrected chi connectivity index (χ3v) is 5.87. The zero-order chi connectivity index (χ0) is 18.2. The third-order valence-electron chi connectivity index (χ3n) is 5.14. The summed E-state index contributed by atoms with van der Waals surface area (Å²) < 4.78 is 0. The molecule has 1 saturated heterocycles. The van der Waals surface area contributed by atoms with E-state index in [1.165, 1.54) is 42.5 Å². The van der Waals surface area contributed by atoms with Crippen molar-refractivity contribution >= 4 is 17.3 Å². The average molecular weight is 371 g/mol. The van der Waals surface area contributed by atoms with E-state index in [0.717, 1.165) is 25.6 Å². The van der Waals surface area contributed by atoms with Gasteiger partial charge in [0.15, 0.2) is 5.96 Å². The molecule has 0 aliphatic carbocycles. The second-order valence-corrected chi connectivity index (χ2v) is 7.77. The molecule has 1 aromatic heterocycles. The highest BCUT2D eigenvalue weighted by molar-refractivity contribution is 7.07. The molecule has 0 spiro atoms. The minimum atomic E-state index is 0.685. The summed E-state index contributed by atoms with van der Waals surface area (Å²) in [6.07, 6.45) is 4.01. The van der Waals surface area contributed by atoms with Crippen LogP contribution in [0.4, 0.5) is 0 Å². The Bertz CT molecular complexity index is 696. The van der Waals surface area contributed by atoms with E-state index >= 15 is 0 Å². The molecule has 5 heteroatoms. The second kappa shape index (κ2) is 9.74. The first kappa shape index (κ1) is 18.9. The van der Waals surface area contributed by atoms with Gasteiger partial charge in [0.25, 0.3) is 0 Å². The quantitative estimate of drug-likeness (QED) is 0.597. The van der Waals surface area contributed by atoms with Crippen molar-refractivity contribution in [2.45, 2.75) is 51.9 Å². The summed E-state index contributed by atoms with van der Waals surface area (Å²) in [4.78, 5) is 6.96. The highest BCUT2D eigenvalue weighted by Crippen LogP contribution is 2.20. The summed E-state index contributed by atoms with van der Waals surface area (Å²) in [5, 5.41) is 11.1. The van der Waals surface area contributed by atoms with Gasteiger partial charge in [-0.1, -0.05) is 30.7 Å². The van der Waals surface area contributed by atoms with Crippen molar-refractivity contribution in [1.82, 2.24) is 15.5 Å². The maximum Gasteiger partial charge on any atom is 0.191 e. The predicted octanol–water partition coefficient (Wildman–Crippen LogP) is 3.99. The lowest BCUT2D eigenvalue weighted by Crippen LogP contribution is -2.38. The van der Waals surface area contributed by atoms with Crippen LogP contribution in [0, 0.1) is 0 Å². The van der Waals surface area contributed by atoms with Gasteiger partial charge in [-0.25, -0.2) is 0 Å². The maximum atomic E-state index is 4.35. The van der Waals surface area contributed by atoms with Crippen LogP contribution in [0.2, 0.25) is 0 Å². The number of rotatable bonds is 6. The molecule has 1 aliphatic rings. The van der Waals surface area contributed by atoms with Crippen LogP contribution in [-0.2, 0) is 19.6 Å². The van der Waals surface area contributed by atoms with E-state index < -0.39 is 0 Å². The lowest BCUT2D eigenvalue weighted by Gasteiger charge is -2.33. The monoisotopic (exact) mass is 370 g/mol. The summed E-state index contributed by atoms with van der Waals surface area (Å²) >= 11 is 1.72. The Balaban J connectivity index is 1.56. The van der Waals surface area contributed by atoms with Gasteiger partial charge < -0.3 is 10.6 Å². The van der Waals surface area contributed by atoms with Crippen LogP contribution in [0.5, 0.6) is 0 Å². The fourth-order valence-electron chi connectivity index (χ4n) is 3.47. The van der Waals surface area contributed by atoms with E-state index in [1.54, 1.807) is 11.3 Å². The number of benzene rings is 1. The lowest BCUT2D eigenvalue weighted by atomic mass is 10.0. The standard InChI is InChI=1S/C21H30N4S/c1-17-7-5-6-11-25(17)15-20-9-4-3-8-19(20)14-24-21(22-2)23-13-18-10-12-26-16-18/h3-4,8-10,12,16-17H,5-7,11,13-15H2,1-2H3,(H2,22,23,24). The first-order valence-electron chi connectivity index (χ1n) is 9.52. The van der Waals surface area contributed by atoms with Crippen molar-refractivity contribution in [3.63, 3.8) is 0 Å². The van der Waals surface area contributed by atoms with E-state index in [4.69, 9.17) is 0 Å². The molecule has 1 aliphatic heterocycles. The molecular formula is C21H30N4S. The smallest absolute Gasteiger partial charge is 0.191 e.